The molecule has 0 atom stereocenters. The minimum Gasteiger partial charge on any atom is -0.508 e. The number of aromatic hydroxyl groups is 1. The molecule has 1 saturated heterocycles. The molecule has 3 N–H and O–H groups in total. The summed E-state index contributed by atoms with van der Waals surface area (Å²) in [7, 11) is 0. The Bertz CT molecular complexity index is 1140. The summed E-state index contributed by atoms with van der Waals surface area (Å²) in [5.41, 5.74) is 3.23. The van der Waals surface area contributed by atoms with E-state index in [-0.39, 0.29) is 24.0 Å². The van der Waals surface area contributed by atoms with Gasteiger partial charge in [-0.3, -0.25) is 14.9 Å². The molecule has 0 unspecified atom stereocenters. The quantitative estimate of drug-likeness (QED) is 0.476. The summed E-state index contributed by atoms with van der Waals surface area (Å²) in [5, 5.41) is 19.7. The Labute approximate surface area is 159 Å². The SMILES string of the molecule is O=C1C/C(=C\c2cnn3c(NC4CC4)cc(-c4ccc(O)cc4)nc23)C(=O)N1. The first-order valence-electron chi connectivity index (χ1n) is 9.06. The molecule has 1 aliphatic heterocycles. The third kappa shape index (κ3) is 2.98. The van der Waals surface area contributed by atoms with Crippen LogP contribution in [0.15, 0.2) is 42.1 Å². The van der Waals surface area contributed by atoms with Crippen molar-refractivity contribution in [3.8, 4) is 17.0 Å². The molecular formula is C20H17N5O3. The Hall–Kier alpha value is -3.68. The third-order valence-corrected chi connectivity index (χ3v) is 4.82. The lowest BCUT2D eigenvalue weighted by molar-refractivity contribution is -0.124. The number of hydrogen-bond acceptors (Lipinski definition) is 6. The standard InChI is InChI=1S/C20H17N5O3/c26-15-5-1-11(2-6-15)16-9-17(22-14-3-4-14)25-19(23-16)13(10-21-25)7-12-8-18(27)24-20(12)28/h1-2,5-7,9-10,14,22,26H,3-4,8H2,(H,24,27,28)/b12-7+. The highest BCUT2D eigenvalue weighted by molar-refractivity contribution is 6.15. The minimum atomic E-state index is -0.379. The molecule has 3 heterocycles. The van der Waals surface area contributed by atoms with Gasteiger partial charge in [-0.1, -0.05) is 0 Å². The van der Waals surface area contributed by atoms with Gasteiger partial charge >= 0.3 is 0 Å². The zero-order chi connectivity index (χ0) is 19.3. The van der Waals surface area contributed by atoms with Crippen molar-refractivity contribution in [3.63, 3.8) is 0 Å². The second-order valence-electron chi connectivity index (χ2n) is 7.05. The normalized spacial score (nSPS) is 18.1. The van der Waals surface area contributed by atoms with E-state index in [9.17, 15) is 14.7 Å². The van der Waals surface area contributed by atoms with Crippen molar-refractivity contribution in [2.45, 2.75) is 25.3 Å². The van der Waals surface area contributed by atoms with Gasteiger partial charge in [0.25, 0.3) is 5.91 Å². The monoisotopic (exact) mass is 375 g/mol. The Morgan fingerprint density at radius 2 is 2.00 bits per heavy atom. The zero-order valence-electron chi connectivity index (χ0n) is 14.8. The Morgan fingerprint density at radius 1 is 1.21 bits per heavy atom. The summed E-state index contributed by atoms with van der Waals surface area (Å²) < 4.78 is 1.71. The molecule has 2 fully saturated rings. The first kappa shape index (κ1) is 16.5. The summed E-state index contributed by atoms with van der Waals surface area (Å²) in [6.45, 7) is 0. The van der Waals surface area contributed by atoms with Crippen molar-refractivity contribution in [1.82, 2.24) is 19.9 Å². The van der Waals surface area contributed by atoms with Crippen molar-refractivity contribution in [2.24, 2.45) is 0 Å². The van der Waals surface area contributed by atoms with Crippen molar-refractivity contribution in [2.75, 3.05) is 5.32 Å². The van der Waals surface area contributed by atoms with Crippen LogP contribution in [0.25, 0.3) is 23.0 Å². The van der Waals surface area contributed by atoms with Crippen LogP contribution in [0.3, 0.4) is 0 Å². The molecule has 0 bridgehead atoms. The van der Waals surface area contributed by atoms with E-state index < -0.39 is 0 Å². The minimum absolute atomic E-state index is 0.0566. The molecule has 8 heteroatoms. The molecule has 8 nitrogen and oxygen atoms in total. The lowest BCUT2D eigenvalue weighted by Crippen LogP contribution is -2.19. The predicted octanol–water partition coefficient (Wildman–Crippen LogP) is 2.11. The van der Waals surface area contributed by atoms with E-state index in [0.717, 1.165) is 29.9 Å². The van der Waals surface area contributed by atoms with E-state index in [0.29, 0.717) is 22.8 Å². The molecule has 0 spiro atoms. The van der Waals surface area contributed by atoms with Crippen molar-refractivity contribution in [1.29, 1.82) is 0 Å². The predicted molar refractivity (Wildman–Crippen MR) is 102 cm³/mol. The van der Waals surface area contributed by atoms with Gasteiger partial charge in [0.05, 0.1) is 18.3 Å². The number of benzene rings is 1. The molecule has 140 valence electrons. The van der Waals surface area contributed by atoms with Gasteiger partial charge in [-0.15, -0.1) is 0 Å². The van der Waals surface area contributed by atoms with Gasteiger partial charge in [0.1, 0.15) is 11.6 Å². The number of phenolic OH excluding ortho intramolecular Hbond substituents is 1. The van der Waals surface area contributed by atoms with Crippen LogP contribution in [-0.2, 0) is 9.59 Å². The van der Waals surface area contributed by atoms with Crippen LogP contribution in [0.2, 0.25) is 0 Å². The second kappa shape index (κ2) is 6.19. The van der Waals surface area contributed by atoms with E-state index in [1.54, 1.807) is 41.1 Å². The van der Waals surface area contributed by atoms with Crippen LogP contribution in [0.4, 0.5) is 5.82 Å². The molecular weight excluding hydrogens is 358 g/mol. The van der Waals surface area contributed by atoms with E-state index in [1.165, 1.54) is 0 Å². The number of carbonyl (C=O) groups is 2. The lowest BCUT2D eigenvalue weighted by atomic mass is 10.1. The van der Waals surface area contributed by atoms with Gasteiger partial charge in [-0.05, 0) is 43.2 Å². The number of carbonyl (C=O) groups excluding carboxylic acids is 2. The van der Waals surface area contributed by atoms with E-state index in [1.807, 2.05) is 6.07 Å². The maximum atomic E-state index is 11.9. The zero-order valence-corrected chi connectivity index (χ0v) is 14.8. The Morgan fingerprint density at radius 3 is 2.68 bits per heavy atom. The van der Waals surface area contributed by atoms with Gasteiger partial charge in [0.2, 0.25) is 5.91 Å². The summed E-state index contributed by atoms with van der Waals surface area (Å²) >= 11 is 0. The number of phenols is 1. The smallest absolute Gasteiger partial charge is 0.254 e. The summed E-state index contributed by atoms with van der Waals surface area (Å²) in [6, 6.07) is 9.17. The fourth-order valence-corrected chi connectivity index (χ4v) is 3.21. The van der Waals surface area contributed by atoms with Crippen LogP contribution < -0.4 is 10.6 Å². The lowest BCUT2D eigenvalue weighted by Gasteiger charge is -2.10. The van der Waals surface area contributed by atoms with Gasteiger partial charge in [0, 0.05) is 28.8 Å². The van der Waals surface area contributed by atoms with E-state index in [2.05, 4.69) is 15.7 Å². The number of rotatable bonds is 4. The molecule has 1 saturated carbocycles. The molecule has 28 heavy (non-hydrogen) atoms. The van der Waals surface area contributed by atoms with Crippen LogP contribution >= 0.6 is 0 Å². The molecule has 0 radical (unpaired) electrons. The summed E-state index contributed by atoms with van der Waals surface area (Å²) in [6.07, 6.45) is 5.58. The van der Waals surface area contributed by atoms with Crippen LogP contribution in [0.1, 0.15) is 24.8 Å². The number of fused-ring (bicyclic) bond motifs is 1. The number of nitrogens with zero attached hydrogens (tertiary/aromatic N) is 3. The van der Waals surface area contributed by atoms with Gasteiger partial charge in [-0.2, -0.15) is 9.61 Å². The number of amides is 2. The molecule has 1 aromatic carbocycles. The van der Waals surface area contributed by atoms with Crippen molar-refractivity contribution < 1.29 is 14.7 Å². The number of nitrogens with one attached hydrogen (secondary N) is 2. The average molecular weight is 375 g/mol. The van der Waals surface area contributed by atoms with Crippen LogP contribution in [0.5, 0.6) is 5.75 Å². The highest BCUT2D eigenvalue weighted by Gasteiger charge is 2.25. The second-order valence-corrected chi connectivity index (χ2v) is 7.05. The molecule has 1 aliphatic carbocycles. The first-order valence-corrected chi connectivity index (χ1v) is 9.06. The van der Waals surface area contributed by atoms with E-state index >= 15 is 0 Å². The first-order chi connectivity index (χ1) is 13.6. The summed E-state index contributed by atoms with van der Waals surface area (Å²) in [4.78, 5) is 28.1. The number of aromatic nitrogens is 3. The maximum absolute atomic E-state index is 11.9. The highest BCUT2D eigenvalue weighted by Crippen LogP contribution is 2.30. The Balaban J connectivity index is 1.65. The van der Waals surface area contributed by atoms with Crippen molar-refractivity contribution in [3.05, 3.63) is 47.7 Å². The largest absolute Gasteiger partial charge is 0.508 e. The molecule has 5 rings (SSSR count). The van der Waals surface area contributed by atoms with Gasteiger partial charge in [0.15, 0.2) is 5.65 Å². The number of hydrogen-bond donors (Lipinski definition) is 3. The van der Waals surface area contributed by atoms with Gasteiger partial charge in [-0.25, -0.2) is 4.98 Å². The number of anilines is 1. The molecule has 2 aromatic heterocycles. The Kier molecular flexibility index (Phi) is 3.65. The molecule has 2 amide bonds. The maximum Gasteiger partial charge on any atom is 0.254 e. The van der Waals surface area contributed by atoms with Gasteiger partial charge < -0.3 is 10.4 Å². The van der Waals surface area contributed by atoms with Crippen LogP contribution in [-0.4, -0.2) is 37.6 Å². The summed E-state index contributed by atoms with van der Waals surface area (Å²) in [5.74, 6) is 0.317. The van der Waals surface area contributed by atoms with E-state index in [4.69, 9.17) is 4.98 Å². The average Bonchev–Trinajstić information content (AvgIpc) is 3.31. The topological polar surface area (TPSA) is 109 Å². The molecule has 3 aromatic rings. The number of imide groups is 1. The molecule has 2 aliphatic rings. The van der Waals surface area contributed by atoms with Crippen molar-refractivity contribution >= 4 is 29.4 Å². The van der Waals surface area contributed by atoms with Crippen LogP contribution in [0, 0.1) is 0 Å². The highest BCUT2D eigenvalue weighted by atomic mass is 16.3. The fourth-order valence-electron chi connectivity index (χ4n) is 3.21. The third-order valence-electron chi connectivity index (χ3n) is 4.82. The fraction of sp³-hybridized carbons (Fsp3) is 0.200.